The van der Waals surface area contributed by atoms with Crippen LogP contribution >= 0.6 is 23.2 Å². The fourth-order valence-corrected chi connectivity index (χ4v) is 1.86. The Kier molecular flexibility index (Phi) is 3.32. The van der Waals surface area contributed by atoms with Gasteiger partial charge in [0.25, 0.3) is 0 Å². The van der Waals surface area contributed by atoms with Crippen LogP contribution in [0.5, 0.6) is 0 Å². The number of rotatable bonds is 1. The van der Waals surface area contributed by atoms with E-state index in [-0.39, 0.29) is 10.0 Å². The fraction of sp³-hybridized carbons (Fsp3) is 0.333. The summed E-state index contributed by atoms with van der Waals surface area (Å²) in [5.74, 6) is 0. The van der Waals surface area contributed by atoms with Crippen LogP contribution in [0.3, 0.4) is 0 Å². The van der Waals surface area contributed by atoms with Gasteiger partial charge in [-0.25, -0.2) is 0 Å². The van der Waals surface area contributed by atoms with Crippen molar-refractivity contribution in [3.8, 4) is 0 Å². The van der Waals surface area contributed by atoms with E-state index in [1.54, 1.807) is 6.92 Å². The number of benzene rings is 1. The molecule has 0 aromatic heterocycles. The highest BCUT2D eigenvalue weighted by Crippen LogP contribution is 2.35. The normalized spacial score (nSPS) is 11.9. The Hall–Kier alpha value is -0.410. The van der Waals surface area contributed by atoms with Gasteiger partial charge >= 0.3 is 6.18 Å². The lowest BCUT2D eigenvalue weighted by atomic mass is 10.1. The van der Waals surface area contributed by atoms with E-state index in [0.29, 0.717) is 12.0 Å². The second kappa shape index (κ2) is 3.99. The summed E-state index contributed by atoms with van der Waals surface area (Å²) in [5, 5.41) is 0.125. The molecule has 0 nitrogen and oxygen atoms in total. The monoisotopic (exact) mass is 242 g/mol. The topological polar surface area (TPSA) is 0 Å². The third-order valence-corrected chi connectivity index (χ3v) is 2.50. The lowest BCUT2D eigenvalue weighted by molar-refractivity contribution is -0.137. The molecule has 0 fully saturated rings. The Bertz CT molecular complexity index is 321. The fourth-order valence-electron chi connectivity index (χ4n) is 1.10. The molecule has 0 aliphatic rings. The van der Waals surface area contributed by atoms with E-state index in [2.05, 4.69) is 0 Å². The molecule has 78 valence electrons. The van der Waals surface area contributed by atoms with Crippen molar-refractivity contribution in [1.82, 2.24) is 0 Å². The van der Waals surface area contributed by atoms with Crippen LogP contribution in [0.15, 0.2) is 12.1 Å². The van der Waals surface area contributed by atoms with E-state index in [1.165, 1.54) is 0 Å². The maximum absolute atomic E-state index is 12.3. The quantitative estimate of drug-likeness (QED) is 0.677. The first-order chi connectivity index (χ1) is 6.36. The van der Waals surface area contributed by atoms with Gasteiger partial charge in [-0.15, -0.1) is 0 Å². The lowest BCUT2D eigenvalue weighted by Gasteiger charge is -2.10. The number of hydrogen-bond donors (Lipinski definition) is 0. The molecule has 0 spiro atoms. The van der Waals surface area contributed by atoms with E-state index in [0.717, 1.165) is 12.1 Å². The molecular formula is C9H7Cl2F3. The van der Waals surface area contributed by atoms with Crippen LogP contribution in [0.2, 0.25) is 10.0 Å². The van der Waals surface area contributed by atoms with Crippen molar-refractivity contribution in [3.63, 3.8) is 0 Å². The van der Waals surface area contributed by atoms with Crippen LogP contribution in [0.25, 0.3) is 0 Å². The first kappa shape index (κ1) is 11.7. The van der Waals surface area contributed by atoms with Gasteiger partial charge in [0.15, 0.2) is 0 Å². The Morgan fingerprint density at radius 3 is 1.86 bits per heavy atom. The zero-order valence-electron chi connectivity index (χ0n) is 7.25. The van der Waals surface area contributed by atoms with Crippen LogP contribution in [0, 0.1) is 0 Å². The molecular weight excluding hydrogens is 236 g/mol. The van der Waals surface area contributed by atoms with Gasteiger partial charge in [-0.2, -0.15) is 13.2 Å². The molecule has 14 heavy (non-hydrogen) atoms. The summed E-state index contributed by atoms with van der Waals surface area (Å²) in [6.45, 7) is 1.78. The highest BCUT2D eigenvalue weighted by atomic mass is 35.5. The molecule has 5 heteroatoms. The maximum atomic E-state index is 12.3. The van der Waals surface area contributed by atoms with Crippen molar-refractivity contribution < 1.29 is 13.2 Å². The van der Waals surface area contributed by atoms with Crippen molar-refractivity contribution in [2.75, 3.05) is 0 Å². The molecule has 0 unspecified atom stereocenters. The van der Waals surface area contributed by atoms with Crippen LogP contribution in [-0.2, 0) is 12.6 Å². The highest BCUT2D eigenvalue weighted by Gasteiger charge is 2.31. The molecule has 0 aliphatic carbocycles. The Labute approximate surface area is 89.6 Å². The van der Waals surface area contributed by atoms with Crippen molar-refractivity contribution >= 4 is 23.2 Å². The van der Waals surface area contributed by atoms with Crippen molar-refractivity contribution in [2.45, 2.75) is 19.5 Å². The number of alkyl halides is 3. The minimum Gasteiger partial charge on any atom is -0.166 e. The van der Waals surface area contributed by atoms with Crippen molar-refractivity contribution in [1.29, 1.82) is 0 Å². The number of halogens is 5. The van der Waals surface area contributed by atoms with Gasteiger partial charge in [0.1, 0.15) is 0 Å². The molecule has 0 amide bonds. The van der Waals surface area contributed by atoms with Gasteiger partial charge in [-0.05, 0) is 24.1 Å². The zero-order chi connectivity index (χ0) is 10.9. The first-order valence-electron chi connectivity index (χ1n) is 3.91. The van der Waals surface area contributed by atoms with E-state index in [1.807, 2.05) is 0 Å². The maximum Gasteiger partial charge on any atom is 0.416 e. The lowest BCUT2D eigenvalue weighted by Crippen LogP contribution is -2.05. The molecule has 1 aromatic rings. The zero-order valence-corrected chi connectivity index (χ0v) is 8.76. The largest absolute Gasteiger partial charge is 0.416 e. The Morgan fingerprint density at radius 2 is 1.57 bits per heavy atom. The second-order valence-corrected chi connectivity index (χ2v) is 3.58. The van der Waals surface area contributed by atoms with Crippen LogP contribution < -0.4 is 0 Å². The van der Waals surface area contributed by atoms with Crippen LogP contribution in [0.1, 0.15) is 18.1 Å². The summed E-state index contributed by atoms with van der Waals surface area (Å²) >= 11 is 11.3. The minimum absolute atomic E-state index is 0.0623. The third-order valence-electron chi connectivity index (χ3n) is 1.82. The third kappa shape index (κ3) is 2.34. The van der Waals surface area contributed by atoms with E-state index < -0.39 is 11.7 Å². The van der Waals surface area contributed by atoms with E-state index in [9.17, 15) is 13.2 Å². The first-order valence-corrected chi connectivity index (χ1v) is 4.67. The summed E-state index contributed by atoms with van der Waals surface area (Å²) in [7, 11) is 0. The molecule has 0 heterocycles. The van der Waals surface area contributed by atoms with Crippen molar-refractivity contribution in [3.05, 3.63) is 33.3 Å². The number of hydrogen-bond acceptors (Lipinski definition) is 0. The Balaban J connectivity index is 3.28. The highest BCUT2D eigenvalue weighted by molar-refractivity contribution is 6.36. The summed E-state index contributed by atoms with van der Waals surface area (Å²) in [4.78, 5) is 0. The summed E-state index contributed by atoms with van der Waals surface area (Å²) < 4.78 is 36.8. The van der Waals surface area contributed by atoms with Crippen LogP contribution in [-0.4, -0.2) is 0 Å². The van der Waals surface area contributed by atoms with Gasteiger partial charge in [0, 0.05) is 10.0 Å². The summed E-state index contributed by atoms with van der Waals surface area (Å²) in [6.07, 6.45) is -3.89. The molecule has 0 N–H and O–H groups in total. The molecule has 0 aliphatic heterocycles. The molecule has 0 atom stereocenters. The van der Waals surface area contributed by atoms with E-state index in [4.69, 9.17) is 23.2 Å². The summed E-state index contributed by atoms with van der Waals surface area (Å²) in [6, 6.07) is 1.79. The smallest absolute Gasteiger partial charge is 0.166 e. The molecule has 0 saturated heterocycles. The predicted molar refractivity (Wildman–Crippen MR) is 50.8 cm³/mol. The average Bonchev–Trinajstić information content (AvgIpc) is 2.01. The summed E-state index contributed by atoms with van der Waals surface area (Å²) in [5.41, 5.74) is -0.272. The van der Waals surface area contributed by atoms with Gasteiger partial charge in [0.2, 0.25) is 0 Å². The van der Waals surface area contributed by atoms with Crippen LogP contribution in [0.4, 0.5) is 13.2 Å². The SMILES string of the molecule is CCc1c(Cl)cc(C(F)(F)F)cc1Cl. The molecule has 0 radical (unpaired) electrons. The standard InChI is InChI=1S/C9H7Cl2F3/c1-2-6-7(10)3-5(4-8(6)11)9(12,13)14/h3-4H,2H2,1H3. The molecule has 1 aromatic carbocycles. The molecule has 0 bridgehead atoms. The minimum atomic E-state index is -4.40. The van der Waals surface area contributed by atoms with Gasteiger partial charge < -0.3 is 0 Å². The second-order valence-electron chi connectivity index (χ2n) is 2.77. The average molecular weight is 243 g/mol. The van der Waals surface area contributed by atoms with Gasteiger partial charge in [-0.3, -0.25) is 0 Å². The predicted octanol–water partition coefficient (Wildman–Crippen LogP) is 4.57. The Morgan fingerprint density at radius 1 is 1.14 bits per heavy atom. The van der Waals surface area contributed by atoms with Gasteiger partial charge in [-0.1, -0.05) is 30.1 Å². The van der Waals surface area contributed by atoms with Gasteiger partial charge in [0.05, 0.1) is 5.56 Å². The van der Waals surface area contributed by atoms with E-state index >= 15 is 0 Å². The van der Waals surface area contributed by atoms with Crippen molar-refractivity contribution in [2.24, 2.45) is 0 Å². The molecule has 1 rings (SSSR count). The molecule has 0 saturated carbocycles.